The number of Topliss-reactive ketones (excluding diaryl/α,β-unsaturated/α-hetero) is 1. The Kier molecular flexibility index (Phi) is 2.76. The highest BCUT2D eigenvalue weighted by molar-refractivity contribution is 5.82. The first kappa shape index (κ1) is 9.84. The van der Waals surface area contributed by atoms with E-state index in [1.165, 1.54) is 13.0 Å². The van der Waals surface area contributed by atoms with Crippen molar-refractivity contribution in [1.29, 1.82) is 0 Å². The molecule has 0 fully saturated rings. The predicted octanol–water partition coefficient (Wildman–Crippen LogP) is 2.66. The smallest absolute Gasteiger partial charge is 0.137 e. The van der Waals surface area contributed by atoms with Gasteiger partial charge >= 0.3 is 0 Å². The van der Waals surface area contributed by atoms with Crippen LogP contribution in [-0.2, 0) is 4.79 Å². The first-order valence-electron chi connectivity index (χ1n) is 3.97. The van der Waals surface area contributed by atoms with E-state index >= 15 is 0 Å². The fourth-order valence-corrected chi connectivity index (χ4v) is 1.07. The molecule has 0 saturated carbocycles. The van der Waals surface area contributed by atoms with Crippen LogP contribution < -0.4 is 0 Å². The molecule has 70 valence electrons. The molecular formula is C10H10F2O. The summed E-state index contributed by atoms with van der Waals surface area (Å²) in [5.74, 6) is -1.94. The first-order valence-corrected chi connectivity index (χ1v) is 3.97. The van der Waals surface area contributed by atoms with Crippen molar-refractivity contribution in [3.8, 4) is 0 Å². The minimum absolute atomic E-state index is 0.134. The Morgan fingerprint density at radius 2 is 2.00 bits per heavy atom. The van der Waals surface area contributed by atoms with Gasteiger partial charge in [-0.2, -0.15) is 0 Å². The molecule has 1 aromatic carbocycles. The van der Waals surface area contributed by atoms with Crippen molar-refractivity contribution in [2.45, 2.75) is 19.8 Å². The third kappa shape index (κ3) is 2.11. The van der Waals surface area contributed by atoms with Crippen LogP contribution in [0.4, 0.5) is 8.78 Å². The number of hydrogen-bond acceptors (Lipinski definition) is 1. The van der Waals surface area contributed by atoms with Gasteiger partial charge in [-0.1, -0.05) is 13.0 Å². The number of halogens is 2. The van der Waals surface area contributed by atoms with Crippen molar-refractivity contribution < 1.29 is 13.6 Å². The lowest BCUT2D eigenvalue weighted by molar-refractivity contribution is -0.118. The Labute approximate surface area is 75.4 Å². The van der Waals surface area contributed by atoms with E-state index in [9.17, 15) is 13.6 Å². The van der Waals surface area contributed by atoms with Crippen LogP contribution in [0.2, 0.25) is 0 Å². The molecule has 1 nitrogen and oxygen atoms in total. The van der Waals surface area contributed by atoms with Crippen LogP contribution in [0.1, 0.15) is 25.3 Å². The number of rotatable bonds is 2. The molecule has 0 aliphatic heterocycles. The van der Waals surface area contributed by atoms with Crippen molar-refractivity contribution in [2.24, 2.45) is 0 Å². The van der Waals surface area contributed by atoms with Gasteiger partial charge < -0.3 is 0 Å². The molecule has 1 aromatic rings. The summed E-state index contributed by atoms with van der Waals surface area (Å²) >= 11 is 0. The lowest BCUT2D eigenvalue weighted by atomic mass is 9.97. The van der Waals surface area contributed by atoms with E-state index in [1.54, 1.807) is 6.92 Å². The van der Waals surface area contributed by atoms with Gasteiger partial charge in [-0.15, -0.1) is 0 Å². The van der Waals surface area contributed by atoms with Gasteiger partial charge in [-0.25, -0.2) is 8.78 Å². The summed E-state index contributed by atoms with van der Waals surface area (Å²) in [5, 5.41) is 0. The van der Waals surface area contributed by atoms with Crippen molar-refractivity contribution in [3.63, 3.8) is 0 Å². The maximum atomic E-state index is 13.1. The van der Waals surface area contributed by atoms with Crippen LogP contribution in [0.15, 0.2) is 18.2 Å². The quantitative estimate of drug-likeness (QED) is 0.690. The normalized spacial score (nSPS) is 12.6. The number of benzene rings is 1. The Morgan fingerprint density at radius 1 is 1.38 bits per heavy atom. The summed E-state index contributed by atoms with van der Waals surface area (Å²) in [4.78, 5) is 10.9. The van der Waals surface area contributed by atoms with Crippen LogP contribution in [0, 0.1) is 11.6 Å². The molecule has 3 heteroatoms. The molecular weight excluding hydrogens is 174 g/mol. The maximum absolute atomic E-state index is 13.1. The molecule has 0 bridgehead atoms. The summed E-state index contributed by atoms with van der Waals surface area (Å²) in [6.07, 6.45) is 0. The molecule has 0 spiro atoms. The van der Waals surface area contributed by atoms with Crippen molar-refractivity contribution in [1.82, 2.24) is 0 Å². The molecule has 1 atom stereocenters. The van der Waals surface area contributed by atoms with Crippen LogP contribution in [-0.4, -0.2) is 5.78 Å². The van der Waals surface area contributed by atoms with E-state index in [0.717, 1.165) is 12.1 Å². The van der Waals surface area contributed by atoms with Crippen LogP contribution >= 0.6 is 0 Å². The van der Waals surface area contributed by atoms with E-state index < -0.39 is 17.6 Å². The lowest BCUT2D eigenvalue weighted by Crippen LogP contribution is -2.06. The second kappa shape index (κ2) is 3.64. The molecule has 0 radical (unpaired) electrons. The molecule has 1 unspecified atom stereocenters. The van der Waals surface area contributed by atoms with Crippen molar-refractivity contribution >= 4 is 5.78 Å². The predicted molar refractivity (Wildman–Crippen MR) is 45.5 cm³/mol. The Balaban J connectivity index is 3.08. The Hall–Kier alpha value is -1.25. The monoisotopic (exact) mass is 184 g/mol. The molecule has 1 rings (SSSR count). The fraction of sp³-hybridized carbons (Fsp3) is 0.300. The molecule has 0 aromatic heterocycles. The van der Waals surface area contributed by atoms with Crippen molar-refractivity contribution in [3.05, 3.63) is 35.4 Å². The van der Waals surface area contributed by atoms with E-state index in [0.29, 0.717) is 0 Å². The van der Waals surface area contributed by atoms with Crippen LogP contribution in [0.25, 0.3) is 0 Å². The highest BCUT2D eigenvalue weighted by Gasteiger charge is 2.15. The molecule has 0 amide bonds. The molecule has 0 heterocycles. The number of hydrogen-bond donors (Lipinski definition) is 0. The number of carbonyl (C=O) groups excluding carboxylic acids is 1. The molecule has 0 saturated heterocycles. The third-order valence-corrected chi connectivity index (χ3v) is 2.04. The van der Waals surface area contributed by atoms with Gasteiger partial charge in [0.1, 0.15) is 17.4 Å². The Morgan fingerprint density at radius 3 is 2.46 bits per heavy atom. The van der Waals surface area contributed by atoms with Gasteiger partial charge in [0, 0.05) is 12.0 Å². The Bertz CT molecular complexity index is 334. The SMILES string of the molecule is CC(=O)C(C)c1ccc(F)cc1F. The van der Waals surface area contributed by atoms with Gasteiger partial charge in [0.2, 0.25) is 0 Å². The summed E-state index contributed by atoms with van der Waals surface area (Å²) in [6, 6.07) is 3.24. The van der Waals surface area contributed by atoms with E-state index in [-0.39, 0.29) is 11.3 Å². The largest absolute Gasteiger partial charge is 0.299 e. The van der Waals surface area contributed by atoms with Crippen LogP contribution in [0.5, 0.6) is 0 Å². The first-order chi connectivity index (χ1) is 6.02. The van der Waals surface area contributed by atoms with Gasteiger partial charge in [0.05, 0.1) is 0 Å². The third-order valence-electron chi connectivity index (χ3n) is 2.04. The number of carbonyl (C=O) groups is 1. The molecule has 0 aliphatic rings. The lowest BCUT2D eigenvalue weighted by Gasteiger charge is -2.08. The zero-order chi connectivity index (χ0) is 10.0. The van der Waals surface area contributed by atoms with Gasteiger partial charge in [-0.05, 0) is 18.6 Å². The molecule has 13 heavy (non-hydrogen) atoms. The average Bonchev–Trinajstić information content (AvgIpc) is 2.03. The van der Waals surface area contributed by atoms with Gasteiger partial charge in [0.25, 0.3) is 0 Å². The van der Waals surface area contributed by atoms with Gasteiger partial charge in [-0.3, -0.25) is 4.79 Å². The summed E-state index contributed by atoms with van der Waals surface area (Å²) in [5.41, 5.74) is 0.244. The fourth-order valence-electron chi connectivity index (χ4n) is 1.07. The highest BCUT2D eigenvalue weighted by Crippen LogP contribution is 2.20. The zero-order valence-corrected chi connectivity index (χ0v) is 7.47. The number of ketones is 1. The summed E-state index contributed by atoms with van der Waals surface area (Å²) in [7, 11) is 0. The average molecular weight is 184 g/mol. The summed E-state index contributed by atoms with van der Waals surface area (Å²) < 4.78 is 25.6. The van der Waals surface area contributed by atoms with E-state index in [1.807, 2.05) is 0 Å². The van der Waals surface area contributed by atoms with Crippen molar-refractivity contribution in [2.75, 3.05) is 0 Å². The highest BCUT2D eigenvalue weighted by atomic mass is 19.1. The topological polar surface area (TPSA) is 17.1 Å². The zero-order valence-electron chi connectivity index (χ0n) is 7.47. The van der Waals surface area contributed by atoms with Gasteiger partial charge in [0.15, 0.2) is 0 Å². The van der Waals surface area contributed by atoms with Crippen LogP contribution in [0.3, 0.4) is 0 Å². The maximum Gasteiger partial charge on any atom is 0.137 e. The minimum Gasteiger partial charge on any atom is -0.299 e. The second-order valence-corrected chi connectivity index (χ2v) is 3.00. The van der Waals surface area contributed by atoms with E-state index in [2.05, 4.69) is 0 Å². The van der Waals surface area contributed by atoms with E-state index in [4.69, 9.17) is 0 Å². The second-order valence-electron chi connectivity index (χ2n) is 3.00. The summed E-state index contributed by atoms with van der Waals surface area (Å²) in [6.45, 7) is 2.98. The standard InChI is InChI=1S/C10H10F2O/c1-6(7(2)13)9-4-3-8(11)5-10(9)12/h3-6H,1-2H3. The molecule has 0 aliphatic carbocycles. The molecule has 0 N–H and O–H groups in total. The minimum atomic E-state index is -0.664.